The number of alkyl halides is 3. The largest absolute Gasteiger partial charge is 0.573 e. The lowest BCUT2D eigenvalue weighted by molar-refractivity contribution is -0.274. The number of piperidine rings is 1. The van der Waals surface area contributed by atoms with E-state index in [0.29, 0.717) is 24.4 Å². The molecule has 26 heavy (non-hydrogen) atoms. The maximum Gasteiger partial charge on any atom is 0.573 e. The number of benzene rings is 1. The Balaban J connectivity index is 1.62. The molecule has 1 saturated heterocycles. The van der Waals surface area contributed by atoms with Gasteiger partial charge in [-0.05, 0) is 49.2 Å². The van der Waals surface area contributed by atoms with Gasteiger partial charge in [-0.1, -0.05) is 0 Å². The molecule has 0 N–H and O–H groups in total. The molecule has 138 valence electrons. The molecule has 0 spiro atoms. The Bertz CT molecular complexity index is 736. The molecule has 1 aromatic carbocycles. The molecule has 0 aliphatic carbocycles. The summed E-state index contributed by atoms with van der Waals surface area (Å²) in [6.07, 6.45) is -0.0167. The van der Waals surface area contributed by atoms with Crippen LogP contribution in [0.4, 0.5) is 13.2 Å². The van der Waals surface area contributed by atoms with Crippen molar-refractivity contribution in [1.29, 1.82) is 0 Å². The summed E-state index contributed by atoms with van der Waals surface area (Å²) in [5, 5.41) is 0. The molecule has 0 saturated carbocycles. The van der Waals surface area contributed by atoms with Crippen molar-refractivity contribution in [2.24, 2.45) is 0 Å². The average Bonchev–Trinajstić information content (AvgIpc) is 2.61. The quantitative estimate of drug-likeness (QED) is 0.829. The summed E-state index contributed by atoms with van der Waals surface area (Å²) in [6, 6.07) is 8.43. The van der Waals surface area contributed by atoms with Crippen molar-refractivity contribution in [1.82, 2.24) is 9.88 Å². The molecule has 8 heteroatoms. The van der Waals surface area contributed by atoms with Gasteiger partial charge in [0.2, 0.25) is 0 Å². The highest BCUT2D eigenvalue weighted by Gasteiger charge is 2.31. The summed E-state index contributed by atoms with van der Waals surface area (Å²) >= 11 is 0. The molecule has 1 aromatic heterocycles. The van der Waals surface area contributed by atoms with Crippen LogP contribution in [-0.2, 0) is 0 Å². The Hall–Kier alpha value is -2.77. The van der Waals surface area contributed by atoms with E-state index in [-0.39, 0.29) is 17.8 Å². The van der Waals surface area contributed by atoms with Crippen LogP contribution in [0.2, 0.25) is 0 Å². The number of ether oxygens (including phenoxy) is 2. The highest BCUT2D eigenvalue weighted by atomic mass is 19.4. The van der Waals surface area contributed by atoms with E-state index in [4.69, 9.17) is 4.74 Å². The first-order chi connectivity index (χ1) is 12.4. The van der Waals surface area contributed by atoms with Gasteiger partial charge in [0.15, 0.2) is 0 Å². The third-order valence-corrected chi connectivity index (χ3v) is 3.95. The fraction of sp³-hybridized carbons (Fsp3) is 0.333. The van der Waals surface area contributed by atoms with Gasteiger partial charge in [-0.25, -0.2) is 0 Å². The first-order valence-electron chi connectivity index (χ1n) is 8.12. The number of hydrogen-bond acceptors (Lipinski definition) is 4. The summed E-state index contributed by atoms with van der Waals surface area (Å²) in [4.78, 5) is 18.2. The number of carbonyl (C=O) groups is 1. The molecule has 0 radical (unpaired) electrons. The zero-order valence-electron chi connectivity index (χ0n) is 13.8. The summed E-state index contributed by atoms with van der Waals surface area (Å²) in [5.41, 5.74) is 0.309. The van der Waals surface area contributed by atoms with Gasteiger partial charge in [0, 0.05) is 24.5 Å². The molecule has 3 rings (SSSR count). The first kappa shape index (κ1) is 18.0. The Kier molecular flexibility index (Phi) is 5.29. The van der Waals surface area contributed by atoms with Crippen molar-refractivity contribution in [2.45, 2.75) is 25.3 Å². The number of halogens is 3. The molecular formula is C18H17F3N2O3. The van der Waals surface area contributed by atoms with Crippen molar-refractivity contribution in [3.05, 3.63) is 54.4 Å². The van der Waals surface area contributed by atoms with Crippen LogP contribution in [0.1, 0.15) is 23.2 Å². The maximum absolute atomic E-state index is 12.6. The Morgan fingerprint density at radius 1 is 1.08 bits per heavy atom. The minimum absolute atomic E-state index is 0.136. The van der Waals surface area contributed by atoms with Crippen LogP contribution in [0.3, 0.4) is 0 Å². The number of rotatable bonds is 4. The van der Waals surface area contributed by atoms with E-state index in [2.05, 4.69) is 9.72 Å². The van der Waals surface area contributed by atoms with Crippen LogP contribution in [-0.4, -0.2) is 41.3 Å². The molecule has 1 fully saturated rings. The second-order valence-corrected chi connectivity index (χ2v) is 5.89. The van der Waals surface area contributed by atoms with Gasteiger partial charge >= 0.3 is 6.36 Å². The average molecular weight is 366 g/mol. The van der Waals surface area contributed by atoms with E-state index >= 15 is 0 Å². The summed E-state index contributed by atoms with van der Waals surface area (Å²) in [7, 11) is 0. The van der Waals surface area contributed by atoms with Crippen molar-refractivity contribution in [3.63, 3.8) is 0 Å². The topological polar surface area (TPSA) is 51.7 Å². The minimum Gasteiger partial charge on any atom is -0.488 e. The Morgan fingerprint density at radius 3 is 2.42 bits per heavy atom. The molecule has 0 bridgehead atoms. The van der Waals surface area contributed by atoms with Crippen LogP contribution in [0.5, 0.6) is 11.5 Å². The van der Waals surface area contributed by atoms with Crippen molar-refractivity contribution in [3.8, 4) is 11.5 Å². The SMILES string of the molecule is O=C(c1ccc(OC(F)(F)F)cc1)N1CCCC(Oc2ccncc2)C1. The zero-order chi connectivity index (χ0) is 18.6. The molecule has 1 amide bonds. The normalized spacial score (nSPS) is 17.7. The highest BCUT2D eigenvalue weighted by molar-refractivity contribution is 5.94. The fourth-order valence-corrected chi connectivity index (χ4v) is 2.81. The minimum atomic E-state index is -4.75. The predicted molar refractivity (Wildman–Crippen MR) is 86.9 cm³/mol. The summed E-state index contributed by atoms with van der Waals surface area (Å²) < 4.78 is 46.3. The van der Waals surface area contributed by atoms with Gasteiger partial charge in [-0.15, -0.1) is 13.2 Å². The molecule has 1 aliphatic rings. The number of carbonyl (C=O) groups excluding carboxylic acids is 1. The standard InChI is InChI=1S/C18H17F3N2O3/c19-18(20,21)26-15-5-3-13(4-6-15)17(24)23-11-1-2-16(12-23)25-14-7-9-22-10-8-14/h3-10,16H,1-2,11-12H2. The Labute approximate surface area is 148 Å². The number of hydrogen-bond donors (Lipinski definition) is 0. The van der Waals surface area contributed by atoms with Gasteiger partial charge in [-0.3, -0.25) is 9.78 Å². The van der Waals surface area contributed by atoms with Crippen molar-refractivity contribution in [2.75, 3.05) is 13.1 Å². The third kappa shape index (κ3) is 4.87. The van der Waals surface area contributed by atoms with Gasteiger partial charge < -0.3 is 14.4 Å². The summed E-state index contributed by atoms with van der Waals surface area (Å²) in [6.45, 7) is 0.998. The molecule has 5 nitrogen and oxygen atoms in total. The number of nitrogens with zero attached hydrogens (tertiary/aromatic N) is 2. The zero-order valence-corrected chi connectivity index (χ0v) is 13.8. The van der Waals surface area contributed by atoms with E-state index in [0.717, 1.165) is 25.0 Å². The monoisotopic (exact) mass is 366 g/mol. The van der Waals surface area contributed by atoms with Gasteiger partial charge in [0.25, 0.3) is 5.91 Å². The van der Waals surface area contributed by atoms with Gasteiger partial charge in [0.1, 0.15) is 17.6 Å². The molecule has 2 aromatic rings. The van der Waals surface area contributed by atoms with Crippen LogP contribution in [0, 0.1) is 0 Å². The van der Waals surface area contributed by atoms with E-state index in [1.165, 1.54) is 12.1 Å². The second kappa shape index (κ2) is 7.63. The lowest BCUT2D eigenvalue weighted by atomic mass is 10.1. The predicted octanol–water partition coefficient (Wildman–Crippen LogP) is 3.66. The highest BCUT2D eigenvalue weighted by Crippen LogP contribution is 2.24. The first-order valence-corrected chi connectivity index (χ1v) is 8.12. The molecule has 2 heterocycles. The lowest BCUT2D eigenvalue weighted by Gasteiger charge is -2.33. The Morgan fingerprint density at radius 2 is 1.77 bits per heavy atom. The molecule has 1 atom stereocenters. The van der Waals surface area contributed by atoms with E-state index in [1.807, 2.05) is 0 Å². The molecular weight excluding hydrogens is 349 g/mol. The van der Waals surface area contributed by atoms with Gasteiger partial charge in [-0.2, -0.15) is 0 Å². The number of amides is 1. The summed E-state index contributed by atoms with van der Waals surface area (Å²) in [5.74, 6) is 0.0890. The maximum atomic E-state index is 12.6. The van der Waals surface area contributed by atoms with E-state index in [1.54, 1.807) is 29.4 Å². The van der Waals surface area contributed by atoms with Crippen LogP contribution in [0.15, 0.2) is 48.8 Å². The second-order valence-electron chi connectivity index (χ2n) is 5.89. The van der Waals surface area contributed by atoms with E-state index in [9.17, 15) is 18.0 Å². The lowest BCUT2D eigenvalue weighted by Crippen LogP contribution is -2.44. The number of pyridine rings is 1. The van der Waals surface area contributed by atoms with Crippen molar-refractivity contribution >= 4 is 5.91 Å². The molecule has 1 unspecified atom stereocenters. The van der Waals surface area contributed by atoms with E-state index < -0.39 is 6.36 Å². The third-order valence-electron chi connectivity index (χ3n) is 3.95. The smallest absolute Gasteiger partial charge is 0.488 e. The number of likely N-dealkylation sites (tertiary alicyclic amines) is 1. The number of aromatic nitrogens is 1. The molecule has 1 aliphatic heterocycles. The van der Waals surface area contributed by atoms with Crippen molar-refractivity contribution < 1.29 is 27.4 Å². The van der Waals surface area contributed by atoms with Crippen LogP contribution >= 0.6 is 0 Å². The van der Waals surface area contributed by atoms with Crippen LogP contribution < -0.4 is 9.47 Å². The fourth-order valence-electron chi connectivity index (χ4n) is 2.81. The van der Waals surface area contributed by atoms with Crippen LogP contribution in [0.25, 0.3) is 0 Å². The van der Waals surface area contributed by atoms with Gasteiger partial charge in [0.05, 0.1) is 6.54 Å².